The van der Waals surface area contributed by atoms with Crippen molar-refractivity contribution in [1.29, 1.82) is 0 Å². The predicted molar refractivity (Wildman–Crippen MR) is 136 cm³/mol. The number of benzene rings is 2. The largest absolute Gasteiger partial charge is 0.508 e. The molecule has 2 rings (SSSR count). The van der Waals surface area contributed by atoms with Crippen LogP contribution < -0.4 is 21.7 Å². The molecule has 4 unspecified atom stereocenters. The first kappa shape index (κ1) is 29.1. The van der Waals surface area contributed by atoms with E-state index in [9.17, 15) is 29.4 Å². The first-order chi connectivity index (χ1) is 17.4. The summed E-state index contributed by atoms with van der Waals surface area (Å²) in [6, 6.07) is 7.92. The van der Waals surface area contributed by atoms with E-state index in [2.05, 4.69) is 16.0 Å². The van der Waals surface area contributed by atoms with Crippen LogP contribution in [0.4, 0.5) is 0 Å². The summed E-state index contributed by atoms with van der Waals surface area (Å²) in [5, 5.41) is 35.7. The first-order valence-corrected chi connectivity index (χ1v) is 11.8. The summed E-state index contributed by atoms with van der Waals surface area (Å²) in [4.78, 5) is 50.0. The van der Waals surface area contributed by atoms with Gasteiger partial charge in [-0.25, -0.2) is 0 Å². The van der Waals surface area contributed by atoms with Crippen molar-refractivity contribution in [3.63, 3.8) is 0 Å². The predicted octanol–water partition coefficient (Wildman–Crippen LogP) is 0.425. The number of aliphatic carboxylic acids is 1. The summed E-state index contributed by atoms with van der Waals surface area (Å²) in [6.07, 6.45) is 0.195. The van der Waals surface area contributed by atoms with Crippen LogP contribution in [-0.4, -0.2) is 63.2 Å². The summed E-state index contributed by atoms with van der Waals surface area (Å²) < 4.78 is 0. The van der Waals surface area contributed by atoms with Crippen molar-refractivity contribution in [2.75, 3.05) is 0 Å². The number of nitrogens with two attached hydrogens (primary N) is 1. The van der Waals surface area contributed by atoms with Gasteiger partial charge in [0.1, 0.15) is 29.6 Å². The number of carbonyl (C=O) groups excluding carboxylic acids is 3. The van der Waals surface area contributed by atoms with Gasteiger partial charge in [0, 0.05) is 6.42 Å². The number of phenolic OH excluding ortho intramolecular Hbond substituents is 2. The van der Waals surface area contributed by atoms with Gasteiger partial charge in [-0.05, 0) is 54.7 Å². The van der Waals surface area contributed by atoms with Gasteiger partial charge in [-0.15, -0.1) is 0 Å². The number of phenols is 2. The number of carboxylic acids is 1. The minimum atomic E-state index is -1.24. The summed E-state index contributed by atoms with van der Waals surface area (Å²) in [6.45, 7) is 4.74. The molecule has 0 saturated carbocycles. The molecule has 0 radical (unpaired) electrons. The van der Waals surface area contributed by atoms with Crippen molar-refractivity contribution < 1.29 is 34.5 Å². The lowest BCUT2D eigenvalue weighted by Gasteiger charge is -2.27. The van der Waals surface area contributed by atoms with Crippen molar-refractivity contribution in [1.82, 2.24) is 16.0 Å². The van der Waals surface area contributed by atoms with Crippen LogP contribution in [-0.2, 0) is 32.0 Å². The summed E-state index contributed by atoms with van der Waals surface area (Å²) in [5.41, 5.74) is 7.38. The number of carbonyl (C=O) groups is 4. The molecule has 11 nitrogen and oxygen atoms in total. The Hall–Kier alpha value is -4.12. The molecule has 37 heavy (non-hydrogen) atoms. The van der Waals surface area contributed by atoms with E-state index in [1.807, 2.05) is 0 Å². The topological polar surface area (TPSA) is 191 Å². The zero-order valence-corrected chi connectivity index (χ0v) is 21.0. The van der Waals surface area contributed by atoms with Crippen LogP contribution in [0.3, 0.4) is 0 Å². The maximum atomic E-state index is 13.2. The van der Waals surface area contributed by atoms with E-state index in [0.29, 0.717) is 5.56 Å². The van der Waals surface area contributed by atoms with Gasteiger partial charge >= 0.3 is 5.97 Å². The number of hydrogen-bond donors (Lipinski definition) is 7. The van der Waals surface area contributed by atoms with Crippen LogP contribution in [0.5, 0.6) is 11.5 Å². The zero-order valence-electron chi connectivity index (χ0n) is 21.0. The van der Waals surface area contributed by atoms with Crippen molar-refractivity contribution in [3.05, 3.63) is 59.7 Å². The SMILES string of the molecule is CC(NC(=O)C(Cc1ccc(O)cc1)NC(=O)C(NC(=O)C(N)Cc1ccc(O)cc1)C(C)C)C(=O)O. The molecule has 0 spiro atoms. The third-order valence-corrected chi connectivity index (χ3v) is 5.71. The Morgan fingerprint density at radius 1 is 0.730 bits per heavy atom. The van der Waals surface area contributed by atoms with Gasteiger partial charge in [0.15, 0.2) is 0 Å². The fourth-order valence-electron chi connectivity index (χ4n) is 3.49. The molecular weight excluding hydrogens is 480 g/mol. The highest BCUT2D eigenvalue weighted by atomic mass is 16.4. The van der Waals surface area contributed by atoms with Crippen LogP contribution in [0, 0.1) is 5.92 Å². The average molecular weight is 515 g/mol. The second-order valence-electron chi connectivity index (χ2n) is 9.21. The molecule has 2 aromatic rings. The number of amides is 3. The zero-order chi connectivity index (χ0) is 27.7. The van der Waals surface area contributed by atoms with Gasteiger partial charge in [0.2, 0.25) is 17.7 Å². The summed E-state index contributed by atoms with van der Waals surface area (Å²) in [5.74, 6) is -3.41. The van der Waals surface area contributed by atoms with E-state index in [4.69, 9.17) is 10.8 Å². The molecule has 0 heterocycles. The number of aromatic hydroxyl groups is 2. The van der Waals surface area contributed by atoms with Crippen LogP contribution in [0.2, 0.25) is 0 Å². The lowest BCUT2D eigenvalue weighted by molar-refractivity contribution is -0.141. The number of carboxylic acid groups (broad SMARTS) is 1. The standard InChI is InChI=1S/C26H34N4O7/c1-14(2)22(30-23(33)20(27)12-16-4-8-18(31)9-5-16)25(35)29-21(24(34)28-15(3)26(36)37)13-17-6-10-19(32)11-7-17/h4-11,14-15,20-22,31-32H,12-13,27H2,1-3H3,(H,28,34)(H,29,35)(H,30,33)(H,36,37). The Kier molecular flexibility index (Phi) is 10.4. The molecule has 0 saturated heterocycles. The molecule has 0 aliphatic carbocycles. The monoisotopic (exact) mass is 514 g/mol. The fourth-order valence-corrected chi connectivity index (χ4v) is 3.49. The van der Waals surface area contributed by atoms with Crippen molar-refractivity contribution in [2.24, 2.45) is 11.7 Å². The van der Waals surface area contributed by atoms with Crippen molar-refractivity contribution in [3.8, 4) is 11.5 Å². The maximum absolute atomic E-state index is 13.2. The van der Waals surface area contributed by atoms with Gasteiger partial charge in [0.05, 0.1) is 6.04 Å². The number of rotatable bonds is 12. The molecule has 11 heteroatoms. The van der Waals surface area contributed by atoms with E-state index in [1.165, 1.54) is 31.2 Å². The summed E-state index contributed by atoms with van der Waals surface area (Å²) in [7, 11) is 0. The smallest absolute Gasteiger partial charge is 0.325 e. The Morgan fingerprint density at radius 2 is 1.22 bits per heavy atom. The molecule has 0 bridgehead atoms. The van der Waals surface area contributed by atoms with Crippen LogP contribution in [0.1, 0.15) is 31.9 Å². The van der Waals surface area contributed by atoms with E-state index in [0.717, 1.165) is 5.56 Å². The van der Waals surface area contributed by atoms with Crippen LogP contribution in [0.25, 0.3) is 0 Å². The first-order valence-electron chi connectivity index (χ1n) is 11.8. The third kappa shape index (κ3) is 9.12. The average Bonchev–Trinajstić information content (AvgIpc) is 2.84. The van der Waals surface area contributed by atoms with E-state index < -0.39 is 47.9 Å². The Labute approximate surface area is 215 Å². The van der Waals surface area contributed by atoms with Gasteiger partial charge in [-0.2, -0.15) is 0 Å². The highest BCUT2D eigenvalue weighted by Gasteiger charge is 2.31. The summed E-state index contributed by atoms with van der Waals surface area (Å²) >= 11 is 0. The maximum Gasteiger partial charge on any atom is 0.325 e. The van der Waals surface area contributed by atoms with Crippen molar-refractivity contribution >= 4 is 23.7 Å². The lowest BCUT2D eigenvalue weighted by atomic mass is 9.99. The van der Waals surface area contributed by atoms with E-state index >= 15 is 0 Å². The Morgan fingerprint density at radius 3 is 1.68 bits per heavy atom. The highest BCUT2D eigenvalue weighted by molar-refractivity contribution is 5.94. The van der Waals surface area contributed by atoms with Gasteiger partial charge in [-0.1, -0.05) is 38.1 Å². The minimum absolute atomic E-state index is 0.0172. The molecule has 0 aliphatic rings. The molecular formula is C26H34N4O7. The molecule has 0 aliphatic heterocycles. The van der Waals surface area contributed by atoms with Crippen LogP contribution in [0.15, 0.2) is 48.5 Å². The van der Waals surface area contributed by atoms with E-state index in [-0.39, 0.29) is 30.3 Å². The molecule has 4 atom stereocenters. The molecule has 8 N–H and O–H groups in total. The lowest BCUT2D eigenvalue weighted by Crippen LogP contribution is -2.58. The molecule has 200 valence electrons. The number of nitrogens with one attached hydrogen (secondary N) is 3. The molecule has 0 fully saturated rings. The van der Waals surface area contributed by atoms with E-state index in [1.54, 1.807) is 38.1 Å². The van der Waals surface area contributed by atoms with Crippen LogP contribution >= 0.6 is 0 Å². The molecule has 0 aromatic heterocycles. The Bertz CT molecular complexity index is 1090. The Balaban J connectivity index is 2.14. The molecule has 2 aromatic carbocycles. The third-order valence-electron chi connectivity index (χ3n) is 5.71. The normalized spacial score (nSPS) is 14.2. The second kappa shape index (κ2) is 13.3. The van der Waals surface area contributed by atoms with Gasteiger partial charge < -0.3 is 37.0 Å². The second-order valence-corrected chi connectivity index (χ2v) is 9.21. The fraction of sp³-hybridized carbons (Fsp3) is 0.385. The van der Waals surface area contributed by atoms with Gasteiger partial charge in [0.25, 0.3) is 0 Å². The van der Waals surface area contributed by atoms with Crippen molar-refractivity contribution in [2.45, 2.75) is 57.8 Å². The highest BCUT2D eigenvalue weighted by Crippen LogP contribution is 2.13. The number of hydrogen-bond acceptors (Lipinski definition) is 7. The molecule has 3 amide bonds. The minimum Gasteiger partial charge on any atom is -0.508 e. The van der Waals surface area contributed by atoms with Gasteiger partial charge in [-0.3, -0.25) is 19.2 Å². The quantitative estimate of drug-likeness (QED) is 0.212.